The van der Waals surface area contributed by atoms with Gasteiger partial charge in [-0.15, -0.1) is 0 Å². The Bertz CT molecular complexity index is 1290. The zero-order valence-electron chi connectivity index (χ0n) is 17.1. The van der Waals surface area contributed by atoms with Gasteiger partial charge in [-0.1, -0.05) is 30.3 Å². The summed E-state index contributed by atoms with van der Waals surface area (Å²) in [5.41, 5.74) is 2.60. The van der Waals surface area contributed by atoms with E-state index in [0.29, 0.717) is 5.69 Å². The molecule has 1 amide bonds. The van der Waals surface area contributed by atoms with Gasteiger partial charge in [0.05, 0.1) is 24.9 Å². The lowest BCUT2D eigenvalue weighted by Gasteiger charge is -2.14. The van der Waals surface area contributed by atoms with Crippen LogP contribution < -0.4 is 10.9 Å². The molecule has 0 aliphatic rings. The van der Waals surface area contributed by atoms with Gasteiger partial charge in [0, 0.05) is 35.4 Å². The number of nitrogens with one attached hydrogen (secondary N) is 2. The van der Waals surface area contributed by atoms with Gasteiger partial charge in [0.15, 0.2) is 0 Å². The fraction of sp³-hybridized carbons (Fsp3) is 0.174. The van der Waals surface area contributed by atoms with Gasteiger partial charge in [-0.25, -0.2) is 0 Å². The summed E-state index contributed by atoms with van der Waals surface area (Å²) in [4.78, 5) is 48.1. The normalized spacial score (nSPS) is 10.9. The summed E-state index contributed by atoms with van der Waals surface area (Å²) in [6.45, 7) is 0.0489. The number of aryl methyl sites for hydroxylation is 1. The molecule has 0 saturated heterocycles. The van der Waals surface area contributed by atoms with Crippen molar-refractivity contribution in [2.75, 3.05) is 0 Å². The van der Waals surface area contributed by atoms with Crippen LogP contribution in [0.3, 0.4) is 0 Å². The SMILES string of the molecule is O=C(O)CCc1ncc(-c2ccccc2)n(CC(=O)NCc2cc3cnccc3[nH]2)c1=O. The summed E-state index contributed by atoms with van der Waals surface area (Å²) < 4.78 is 1.34. The van der Waals surface area contributed by atoms with E-state index in [1.54, 1.807) is 12.4 Å². The summed E-state index contributed by atoms with van der Waals surface area (Å²) >= 11 is 0. The molecule has 0 radical (unpaired) electrons. The van der Waals surface area contributed by atoms with E-state index in [4.69, 9.17) is 5.11 Å². The fourth-order valence-electron chi connectivity index (χ4n) is 3.44. The molecule has 0 aliphatic heterocycles. The number of pyridine rings is 1. The van der Waals surface area contributed by atoms with Gasteiger partial charge in [-0.2, -0.15) is 0 Å². The molecule has 3 heterocycles. The van der Waals surface area contributed by atoms with Gasteiger partial charge >= 0.3 is 5.97 Å². The molecule has 0 spiro atoms. The second kappa shape index (κ2) is 9.25. The Balaban J connectivity index is 1.56. The van der Waals surface area contributed by atoms with E-state index in [9.17, 15) is 14.4 Å². The Morgan fingerprint density at radius 1 is 1.12 bits per heavy atom. The number of hydrogen-bond acceptors (Lipinski definition) is 5. The second-order valence-corrected chi connectivity index (χ2v) is 7.28. The zero-order valence-corrected chi connectivity index (χ0v) is 17.1. The molecular formula is C23H21N5O4. The monoisotopic (exact) mass is 431 g/mol. The average Bonchev–Trinajstić information content (AvgIpc) is 3.22. The lowest BCUT2D eigenvalue weighted by molar-refractivity contribution is -0.137. The predicted molar refractivity (Wildman–Crippen MR) is 118 cm³/mol. The number of aliphatic carboxylic acids is 1. The number of benzene rings is 1. The third-order valence-corrected chi connectivity index (χ3v) is 5.03. The molecule has 162 valence electrons. The molecule has 1 aromatic carbocycles. The number of carboxylic acid groups (broad SMARTS) is 1. The number of nitrogens with zero attached hydrogens (tertiary/aromatic N) is 3. The van der Waals surface area contributed by atoms with Gasteiger partial charge in [-0.3, -0.25) is 28.9 Å². The molecule has 32 heavy (non-hydrogen) atoms. The van der Waals surface area contributed by atoms with Crippen LogP contribution in [0.15, 0.2) is 65.8 Å². The van der Waals surface area contributed by atoms with Crippen LogP contribution >= 0.6 is 0 Å². The number of carbonyl (C=O) groups excluding carboxylic acids is 1. The van der Waals surface area contributed by atoms with E-state index >= 15 is 0 Å². The molecule has 4 rings (SSSR count). The highest BCUT2D eigenvalue weighted by Gasteiger charge is 2.16. The number of carbonyl (C=O) groups is 2. The van der Waals surface area contributed by atoms with Crippen LogP contribution in [0.4, 0.5) is 0 Å². The van der Waals surface area contributed by atoms with Crippen LogP contribution in [0.1, 0.15) is 17.8 Å². The van der Waals surface area contributed by atoms with Crippen molar-refractivity contribution < 1.29 is 14.7 Å². The number of hydrogen-bond donors (Lipinski definition) is 3. The van der Waals surface area contributed by atoms with Gasteiger partial charge < -0.3 is 15.4 Å². The smallest absolute Gasteiger partial charge is 0.303 e. The summed E-state index contributed by atoms with van der Waals surface area (Å²) in [7, 11) is 0. The van der Waals surface area contributed by atoms with Gasteiger partial charge in [0.25, 0.3) is 5.56 Å². The molecule has 4 aromatic rings. The fourth-order valence-corrected chi connectivity index (χ4v) is 3.44. The first-order valence-corrected chi connectivity index (χ1v) is 10.1. The van der Waals surface area contributed by atoms with Crippen molar-refractivity contribution >= 4 is 22.8 Å². The van der Waals surface area contributed by atoms with Crippen molar-refractivity contribution in [2.24, 2.45) is 0 Å². The maximum atomic E-state index is 13.0. The number of aromatic nitrogens is 4. The largest absolute Gasteiger partial charge is 0.481 e. The summed E-state index contributed by atoms with van der Waals surface area (Å²) in [5.74, 6) is -1.37. The Kier molecular flexibility index (Phi) is 6.07. The number of H-pyrrole nitrogens is 1. The third kappa shape index (κ3) is 4.72. The minimum absolute atomic E-state index is 0.00600. The van der Waals surface area contributed by atoms with E-state index in [-0.39, 0.29) is 37.5 Å². The van der Waals surface area contributed by atoms with Crippen LogP contribution in [0.2, 0.25) is 0 Å². The van der Waals surface area contributed by atoms with Crippen LogP contribution in [-0.4, -0.2) is 36.5 Å². The summed E-state index contributed by atoms with van der Waals surface area (Å²) in [6.07, 6.45) is 4.71. The Labute approximate surface area is 182 Å². The van der Waals surface area contributed by atoms with Crippen LogP contribution in [0.5, 0.6) is 0 Å². The Morgan fingerprint density at radius 2 is 1.94 bits per heavy atom. The maximum Gasteiger partial charge on any atom is 0.303 e. The number of amides is 1. The molecule has 3 N–H and O–H groups in total. The number of rotatable bonds is 8. The lowest BCUT2D eigenvalue weighted by atomic mass is 10.1. The minimum atomic E-state index is -1.02. The van der Waals surface area contributed by atoms with Crippen molar-refractivity contribution in [3.63, 3.8) is 0 Å². The molecule has 3 aromatic heterocycles. The molecular weight excluding hydrogens is 410 g/mol. The van der Waals surface area contributed by atoms with Crippen LogP contribution in [-0.2, 0) is 29.1 Å². The topological polar surface area (TPSA) is 130 Å². The van der Waals surface area contributed by atoms with E-state index in [0.717, 1.165) is 22.2 Å². The van der Waals surface area contributed by atoms with Gasteiger partial charge in [0.2, 0.25) is 5.91 Å². The standard InChI is InChI=1S/C23H21N5O4/c29-21(26-12-17-10-16-11-24-9-8-18(16)27-17)14-28-20(15-4-2-1-3-5-15)13-25-19(23(28)32)6-7-22(30)31/h1-5,8-11,13,27H,6-7,12,14H2,(H,26,29)(H,30,31). The first-order chi connectivity index (χ1) is 15.5. The highest BCUT2D eigenvalue weighted by atomic mass is 16.4. The van der Waals surface area contributed by atoms with Crippen molar-refractivity contribution in [1.29, 1.82) is 0 Å². The van der Waals surface area contributed by atoms with Crippen molar-refractivity contribution in [3.8, 4) is 11.3 Å². The van der Waals surface area contributed by atoms with Crippen LogP contribution in [0, 0.1) is 0 Å². The summed E-state index contributed by atoms with van der Waals surface area (Å²) in [6, 6.07) is 12.9. The molecule has 0 fully saturated rings. The summed E-state index contributed by atoms with van der Waals surface area (Å²) in [5, 5.41) is 12.7. The van der Waals surface area contributed by atoms with E-state index in [1.165, 1.54) is 10.8 Å². The number of aromatic amines is 1. The molecule has 9 heteroatoms. The quantitative estimate of drug-likeness (QED) is 0.392. The van der Waals surface area contributed by atoms with Crippen molar-refractivity contribution in [3.05, 3.63) is 82.8 Å². The van der Waals surface area contributed by atoms with E-state index in [1.807, 2.05) is 42.5 Å². The average molecular weight is 431 g/mol. The molecule has 0 bridgehead atoms. The molecule has 0 atom stereocenters. The lowest BCUT2D eigenvalue weighted by Crippen LogP contribution is -2.34. The number of carboxylic acids is 1. The van der Waals surface area contributed by atoms with Crippen molar-refractivity contribution in [2.45, 2.75) is 25.9 Å². The predicted octanol–water partition coefficient (Wildman–Crippen LogP) is 2.12. The first-order valence-electron chi connectivity index (χ1n) is 10.1. The van der Waals surface area contributed by atoms with Gasteiger partial charge in [0.1, 0.15) is 12.2 Å². The molecule has 0 aliphatic carbocycles. The first kappa shape index (κ1) is 21.0. The Hall–Kier alpha value is -4.27. The van der Waals surface area contributed by atoms with E-state index < -0.39 is 11.5 Å². The molecule has 9 nitrogen and oxygen atoms in total. The van der Waals surface area contributed by atoms with Crippen LogP contribution in [0.25, 0.3) is 22.2 Å². The second-order valence-electron chi connectivity index (χ2n) is 7.28. The minimum Gasteiger partial charge on any atom is -0.481 e. The highest BCUT2D eigenvalue weighted by Crippen LogP contribution is 2.17. The molecule has 0 unspecified atom stereocenters. The Morgan fingerprint density at radius 3 is 2.69 bits per heavy atom. The maximum absolute atomic E-state index is 13.0. The van der Waals surface area contributed by atoms with Gasteiger partial charge in [-0.05, 0) is 17.7 Å². The zero-order chi connectivity index (χ0) is 22.5. The highest BCUT2D eigenvalue weighted by molar-refractivity contribution is 5.80. The number of fused-ring (bicyclic) bond motifs is 1. The van der Waals surface area contributed by atoms with Crippen molar-refractivity contribution in [1.82, 2.24) is 24.8 Å². The molecule has 0 saturated carbocycles. The third-order valence-electron chi connectivity index (χ3n) is 5.03. The van der Waals surface area contributed by atoms with E-state index in [2.05, 4.69) is 20.3 Å².